The first-order valence-corrected chi connectivity index (χ1v) is 6.01. The van der Waals surface area contributed by atoms with Gasteiger partial charge < -0.3 is 5.32 Å². The van der Waals surface area contributed by atoms with Crippen molar-refractivity contribution in [2.45, 2.75) is 39.4 Å². The fraction of sp³-hybridized carbons (Fsp3) is 0.900. The smallest absolute Gasteiger partial charge is 0.165 e. The maximum absolute atomic E-state index is 4.10. The van der Waals surface area contributed by atoms with Gasteiger partial charge in [0.15, 0.2) is 5.82 Å². The summed E-state index contributed by atoms with van der Waals surface area (Å²) in [5.74, 6) is 0.982. The Labute approximate surface area is 96.0 Å². The van der Waals surface area contributed by atoms with Crippen LogP contribution >= 0.6 is 0 Å². The van der Waals surface area contributed by atoms with Gasteiger partial charge in [0.1, 0.15) is 0 Å². The van der Waals surface area contributed by atoms with E-state index < -0.39 is 0 Å². The quantitative estimate of drug-likeness (QED) is 0.772. The van der Waals surface area contributed by atoms with Gasteiger partial charge in [-0.3, -0.25) is 4.90 Å². The Morgan fingerprint density at radius 2 is 2.38 bits per heavy atom. The third kappa shape index (κ3) is 2.56. The Balaban J connectivity index is 1.99. The highest BCUT2D eigenvalue weighted by atomic mass is 15.5. The average Bonchev–Trinajstić information content (AvgIpc) is 2.70. The first-order chi connectivity index (χ1) is 7.81. The van der Waals surface area contributed by atoms with E-state index in [0.29, 0.717) is 6.04 Å². The fourth-order valence-corrected chi connectivity index (χ4v) is 2.02. The Kier molecular flexibility index (Phi) is 3.84. The Morgan fingerprint density at radius 1 is 1.50 bits per heavy atom. The van der Waals surface area contributed by atoms with Gasteiger partial charge in [-0.25, -0.2) is 4.68 Å². The lowest BCUT2D eigenvalue weighted by atomic mass is 10.2. The first kappa shape index (κ1) is 11.5. The van der Waals surface area contributed by atoms with Crippen molar-refractivity contribution in [3.05, 3.63) is 5.82 Å². The summed E-state index contributed by atoms with van der Waals surface area (Å²) in [6.45, 7) is 9.31. The molecule has 6 heteroatoms. The molecule has 0 bridgehead atoms. The molecule has 1 N–H and O–H groups in total. The molecule has 0 spiro atoms. The van der Waals surface area contributed by atoms with Crippen LogP contribution in [0.5, 0.6) is 0 Å². The van der Waals surface area contributed by atoms with Crippen LogP contribution in [0.3, 0.4) is 0 Å². The molecule has 0 unspecified atom stereocenters. The number of piperazine rings is 1. The zero-order valence-electron chi connectivity index (χ0n) is 10.1. The van der Waals surface area contributed by atoms with Gasteiger partial charge in [-0.2, -0.15) is 0 Å². The number of rotatable bonds is 4. The van der Waals surface area contributed by atoms with Crippen LogP contribution in [0.1, 0.15) is 26.1 Å². The maximum atomic E-state index is 4.10. The van der Waals surface area contributed by atoms with E-state index in [4.69, 9.17) is 0 Å². The van der Waals surface area contributed by atoms with Crippen LogP contribution < -0.4 is 5.32 Å². The number of nitrogens with zero attached hydrogens (tertiary/aromatic N) is 5. The number of nitrogens with one attached hydrogen (secondary N) is 1. The Hall–Kier alpha value is -1.01. The number of aromatic nitrogens is 4. The summed E-state index contributed by atoms with van der Waals surface area (Å²) >= 11 is 0. The van der Waals surface area contributed by atoms with Gasteiger partial charge in [0.25, 0.3) is 0 Å². The third-order valence-corrected chi connectivity index (χ3v) is 3.02. The molecule has 2 rings (SSSR count). The van der Waals surface area contributed by atoms with Gasteiger partial charge in [-0.15, -0.1) is 5.10 Å². The van der Waals surface area contributed by atoms with Crippen LogP contribution in [0.2, 0.25) is 0 Å². The maximum Gasteiger partial charge on any atom is 0.165 e. The van der Waals surface area contributed by atoms with Gasteiger partial charge in [-0.05, 0) is 23.8 Å². The summed E-state index contributed by atoms with van der Waals surface area (Å²) < 4.78 is 1.91. The van der Waals surface area contributed by atoms with E-state index in [0.717, 1.165) is 45.0 Å². The molecule has 0 radical (unpaired) electrons. The van der Waals surface area contributed by atoms with E-state index >= 15 is 0 Å². The molecule has 0 amide bonds. The van der Waals surface area contributed by atoms with Gasteiger partial charge in [0.05, 0.1) is 6.54 Å². The van der Waals surface area contributed by atoms with Crippen molar-refractivity contribution in [3.8, 4) is 0 Å². The average molecular weight is 224 g/mol. The minimum Gasteiger partial charge on any atom is -0.314 e. The van der Waals surface area contributed by atoms with Crippen molar-refractivity contribution in [3.63, 3.8) is 0 Å². The lowest BCUT2D eigenvalue weighted by molar-refractivity contribution is 0.159. The molecule has 1 aromatic rings. The van der Waals surface area contributed by atoms with Gasteiger partial charge >= 0.3 is 0 Å². The highest BCUT2D eigenvalue weighted by Gasteiger charge is 2.20. The second kappa shape index (κ2) is 5.36. The van der Waals surface area contributed by atoms with Crippen LogP contribution in [0.15, 0.2) is 0 Å². The highest BCUT2D eigenvalue weighted by Crippen LogP contribution is 2.07. The van der Waals surface area contributed by atoms with Crippen molar-refractivity contribution < 1.29 is 0 Å². The largest absolute Gasteiger partial charge is 0.314 e. The molecule has 90 valence electrons. The summed E-state index contributed by atoms with van der Waals surface area (Å²) in [7, 11) is 0. The predicted octanol–water partition coefficient (Wildman–Crippen LogP) is -0.123. The minimum absolute atomic E-state index is 0.556. The number of hydrogen-bond acceptors (Lipinski definition) is 5. The number of hydrogen-bond donors (Lipinski definition) is 1. The van der Waals surface area contributed by atoms with Gasteiger partial charge in [0.2, 0.25) is 0 Å². The molecular formula is C10H20N6. The second-order valence-electron chi connectivity index (χ2n) is 4.34. The fourth-order valence-electron chi connectivity index (χ4n) is 2.02. The Morgan fingerprint density at radius 3 is 3.12 bits per heavy atom. The molecule has 1 aliphatic rings. The van der Waals surface area contributed by atoms with Crippen LogP contribution in [-0.4, -0.2) is 50.8 Å². The van der Waals surface area contributed by atoms with Crippen molar-refractivity contribution in [1.29, 1.82) is 0 Å². The van der Waals surface area contributed by atoms with Crippen molar-refractivity contribution >= 4 is 0 Å². The van der Waals surface area contributed by atoms with Gasteiger partial charge in [-0.1, -0.05) is 6.92 Å². The van der Waals surface area contributed by atoms with E-state index in [2.05, 4.69) is 39.6 Å². The molecular weight excluding hydrogens is 204 g/mol. The van der Waals surface area contributed by atoms with Crippen molar-refractivity contribution in [1.82, 2.24) is 30.4 Å². The lowest BCUT2D eigenvalue weighted by Gasteiger charge is -2.33. The standard InChI is InChI=1S/C10H20N6/c1-3-5-16-10(12-13-14-16)8-15-6-4-11-7-9(15)2/h9,11H,3-8H2,1-2H3/t9-/m0/s1. The highest BCUT2D eigenvalue weighted by molar-refractivity contribution is 4.85. The zero-order chi connectivity index (χ0) is 11.4. The number of aryl methyl sites for hydroxylation is 1. The SMILES string of the molecule is CCCn1nnnc1CN1CCNC[C@@H]1C. The van der Waals surface area contributed by atoms with E-state index in [1.54, 1.807) is 0 Å². The molecule has 1 atom stereocenters. The summed E-state index contributed by atoms with van der Waals surface area (Å²) in [6, 6.07) is 0.556. The normalized spacial score (nSPS) is 22.5. The summed E-state index contributed by atoms with van der Waals surface area (Å²) in [6.07, 6.45) is 1.06. The zero-order valence-corrected chi connectivity index (χ0v) is 10.1. The summed E-state index contributed by atoms with van der Waals surface area (Å²) in [5.41, 5.74) is 0. The molecule has 0 aromatic carbocycles. The molecule has 6 nitrogen and oxygen atoms in total. The molecule has 1 fully saturated rings. The molecule has 0 aliphatic carbocycles. The topological polar surface area (TPSA) is 58.9 Å². The molecule has 0 saturated carbocycles. The monoisotopic (exact) mass is 224 g/mol. The molecule has 1 aromatic heterocycles. The predicted molar refractivity (Wildman–Crippen MR) is 60.8 cm³/mol. The molecule has 16 heavy (non-hydrogen) atoms. The van der Waals surface area contributed by atoms with Crippen LogP contribution in [0, 0.1) is 0 Å². The van der Waals surface area contributed by atoms with E-state index in [9.17, 15) is 0 Å². The molecule has 1 aliphatic heterocycles. The van der Waals surface area contributed by atoms with Gasteiger partial charge in [0, 0.05) is 32.2 Å². The second-order valence-corrected chi connectivity index (χ2v) is 4.34. The summed E-state index contributed by atoms with van der Waals surface area (Å²) in [4.78, 5) is 2.42. The van der Waals surface area contributed by atoms with E-state index in [1.165, 1.54) is 0 Å². The van der Waals surface area contributed by atoms with Crippen molar-refractivity contribution in [2.24, 2.45) is 0 Å². The lowest BCUT2D eigenvalue weighted by Crippen LogP contribution is -2.49. The van der Waals surface area contributed by atoms with E-state index in [1.807, 2.05) is 4.68 Å². The molecule has 1 saturated heterocycles. The third-order valence-electron chi connectivity index (χ3n) is 3.02. The summed E-state index contributed by atoms with van der Waals surface area (Å²) in [5, 5.41) is 15.2. The van der Waals surface area contributed by atoms with Crippen LogP contribution in [0.4, 0.5) is 0 Å². The van der Waals surface area contributed by atoms with Crippen molar-refractivity contribution in [2.75, 3.05) is 19.6 Å². The molecule has 2 heterocycles. The van der Waals surface area contributed by atoms with Crippen LogP contribution in [-0.2, 0) is 13.1 Å². The first-order valence-electron chi connectivity index (χ1n) is 6.01. The Bertz CT molecular complexity index is 323. The van der Waals surface area contributed by atoms with Crippen LogP contribution in [0.25, 0.3) is 0 Å². The number of tetrazole rings is 1. The minimum atomic E-state index is 0.556. The van der Waals surface area contributed by atoms with E-state index in [-0.39, 0.29) is 0 Å².